The zero-order valence-corrected chi connectivity index (χ0v) is 15.9. The highest BCUT2D eigenvalue weighted by atomic mass is 16.5. The van der Waals surface area contributed by atoms with Gasteiger partial charge in [-0.2, -0.15) is 0 Å². The Morgan fingerprint density at radius 3 is 1.45 bits per heavy atom. The molecule has 0 fully saturated rings. The van der Waals surface area contributed by atoms with E-state index in [1.807, 2.05) is 12.1 Å². The second kappa shape index (κ2) is 7.46. The van der Waals surface area contributed by atoms with Crippen LogP contribution in [0.5, 0.6) is 5.75 Å². The molecular formula is C26H19BO2. The molecule has 0 heterocycles. The topological polar surface area (TPSA) is 29.5 Å². The van der Waals surface area contributed by atoms with E-state index < -0.39 is 0 Å². The molecule has 2 nitrogen and oxygen atoms in total. The molecule has 0 radical (unpaired) electrons. The summed E-state index contributed by atoms with van der Waals surface area (Å²) in [6.45, 7) is 0. The van der Waals surface area contributed by atoms with Gasteiger partial charge in [-0.15, -0.1) is 0 Å². The lowest BCUT2D eigenvalue weighted by Gasteiger charge is -2.12. The van der Waals surface area contributed by atoms with Gasteiger partial charge < -0.3 is 9.68 Å². The Morgan fingerprint density at radius 1 is 0.483 bits per heavy atom. The maximum Gasteiger partial charge on any atom is 0.504 e. The molecule has 0 unspecified atom stereocenters. The fourth-order valence-corrected chi connectivity index (χ4v) is 3.83. The Bertz CT molecular complexity index is 1230. The Labute approximate surface area is 170 Å². The predicted molar refractivity (Wildman–Crippen MR) is 122 cm³/mol. The van der Waals surface area contributed by atoms with Crippen LogP contribution in [-0.2, 0) is 0 Å². The van der Waals surface area contributed by atoms with Crippen LogP contribution in [0.1, 0.15) is 0 Å². The number of benzene rings is 5. The zero-order chi connectivity index (χ0) is 19.6. The molecule has 0 atom stereocenters. The first-order valence-corrected chi connectivity index (χ1v) is 9.67. The van der Waals surface area contributed by atoms with Gasteiger partial charge in [-0.1, -0.05) is 72.8 Å². The van der Waals surface area contributed by atoms with Crippen LogP contribution in [0.15, 0.2) is 103 Å². The minimum atomic E-state index is -0.349. The molecule has 1 N–H and O–H groups in total. The number of fused-ring (bicyclic) bond motifs is 2. The van der Waals surface area contributed by atoms with Gasteiger partial charge in [-0.05, 0) is 74.1 Å². The average Bonchev–Trinajstić information content (AvgIpc) is 2.78. The summed E-state index contributed by atoms with van der Waals surface area (Å²) in [7, 11) is -0.349. The third-order valence-electron chi connectivity index (χ3n) is 5.30. The summed E-state index contributed by atoms with van der Waals surface area (Å²) in [6, 6.07) is 35.7. The van der Waals surface area contributed by atoms with E-state index >= 15 is 0 Å². The molecule has 138 valence electrons. The molecule has 0 saturated carbocycles. The van der Waals surface area contributed by atoms with E-state index in [4.69, 9.17) is 4.65 Å². The van der Waals surface area contributed by atoms with E-state index in [1.54, 1.807) is 0 Å². The molecular weight excluding hydrogens is 355 g/mol. The Hall–Kier alpha value is -3.56. The van der Waals surface area contributed by atoms with Crippen LogP contribution >= 0.6 is 0 Å². The molecule has 0 aliphatic carbocycles. The lowest BCUT2D eigenvalue weighted by atomic mass is 9.95. The molecule has 0 saturated heterocycles. The smallest absolute Gasteiger partial charge is 0.504 e. The third kappa shape index (κ3) is 3.48. The van der Waals surface area contributed by atoms with Crippen LogP contribution in [0, 0.1) is 0 Å². The Kier molecular flexibility index (Phi) is 4.51. The van der Waals surface area contributed by atoms with Gasteiger partial charge in [0.15, 0.2) is 0 Å². The highest BCUT2D eigenvalue weighted by Crippen LogP contribution is 2.34. The number of hydrogen-bond donors (Lipinski definition) is 1. The Balaban J connectivity index is 1.66. The highest BCUT2D eigenvalue weighted by molar-refractivity contribution is 6.17. The van der Waals surface area contributed by atoms with Crippen molar-refractivity contribution in [3.05, 3.63) is 103 Å². The third-order valence-corrected chi connectivity index (χ3v) is 5.30. The summed E-state index contributed by atoms with van der Waals surface area (Å²) in [5, 5.41) is 14.1. The van der Waals surface area contributed by atoms with Crippen molar-refractivity contribution >= 4 is 29.2 Å². The van der Waals surface area contributed by atoms with Crippen molar-refractivity contribution in [1.29, 1.82) is 0 Å². The first kappa shape index (κ1) is 17.5. The SMILES string of the molecule is OBOc1cc(-c2ccc3ccccc3c2)cc(-c2ccc3ccccc3c2)c1. The molecule has 0 bridgehead atoms. The summed E-state index contributed by atoms with van der Waals surface area (Å²) in [5.74, 6) is 0.654. The maximum atomic E-state index is 9.30. The van der Waals surface area contributed by atoms with Crippen molar-refractivity contribution < 1.29 is 9.68 Å². The van der Waals surface area contributed by atoms with Gasteiger partial charge in [-0.3, -0.25) is 0 Å². The second-order valence-corrected chi connectivity index (χ2v) is 7.14. The predicted octanol–water partition coefficient (Wildman–Crippen LogP) is 5.96. The van der Waals surface area contributed by atoms with Crippen molar-refractivity contribution in [2.75, 3.05) is 0 Å². The summed E-state index contributed by atoms with van der Waals surface area (Å²) < 4.78 is 5.46. The summed E-state index contributed by atoms with van der Waals surface area (Å²) in [4.78, 5) is 0. The largest absolute Gasteiger partial charge is 0.539 e. The fourth-order valence-electron chi connectivity index (χ4n) is 3.83. The first-order chi connectivity index (χ1) is 14.3. The van der Waals surface area contributed by atoms with E-state index in [1.165, 1.54) is 21.5 Å². The van der Waals surface area contributed by atoms with Crippen molar-refractivity contribution in [1.82, 2.24) is 0 Å². The quantitative estimate of drug-likeness (QED) is 0.393. The van der Waals surface area contributed by atoms with Gasteiger partial charge in [0.2, 0.25) is 0 Å². The molecule has 0 aliphatic heterocycles. The molecule has 0 amide bonds. The van der Waals surface area contributed by atoms with E-state index in [0.717, 1.165) is 22.3 Å². The van der Waals surface area contributed by atoms with Crippen LogP contribution in [0.4, 0.5) is 0 Å². The van der Waals surface area contributed by atoms with E-state index in [0.29, 0.717) is 5.75 Å². The highest BCUT2D eigenvalue weighted by Gasteiger charge is 2.08. The van der Waals surface area contributed by atoms with E-state index in [9.17, 15) is 5.02 Å². The van der Waals surface area contributed by atoms with Crippen molar-refractivity contribution in [2.24, 2.45) is 0 Å². The second-order valence-electron chi connectivity index (χ2n) is 7.14. The lowest BCUT2D eigenvalue weighted by Crippen LogP contribution is -2.00. The molecule has 0 spiro atoms. The van der Waals surface area contributed by atoms with Gasteiger partial charge in [-0.25, -0.2) is 0 Å². The Morgan fingerprint density at radius 2 is 0.966 bits per heavy atom. The van der Waals surface area contributed by atoms with Crippen LogP contribution in [0.25, 0.3) is 43.8 Å². The molecule has 3 heteroatoms. The first-order valence-electron chi connectivity index (χ1n) is 9.67. The minimum Gasteiger partial charge on any atom is -0.539 e. The summed E-state index contributed by atoms with van der Waals surface area (Å²) >= 11 is 0. The number of rotatable bonds is 4. The molecule has 29 heavy (non-hydrogen) atoms. The van der Waals surface area contributed by atoms with E-state index in [-0.39, 0.29) is 7.69 Å². The van der Waals surface area contributed by atoms with Gasteiger partial charge in [0.1, 0.15) is 5.75 Å². The molecule has 0 aliphatic rings. The van der Waals surface area contributed by atoms with Crippen molar-refractivity contribution in [3.8, 4) is 28.0 Å². The van der Waals surface area contributed by atoms with Gasteiger partial charge in [0.05, 0.1) is 0 Å². The molecule has 0 aromatic heterocycles. The van der Waals surface area contributed by atoms with Crippen LogP contribution in [-0.4, -0.2) is 12.7 Å². The average molecular weight is 374 g/mol. The van der Waals surface area contributed by atoms with E-state index in [2.05, 4.69) is 91.0 Å². The fraction of sp³-hybridized carbons (Fsp3) is 0. The van der Waals surface area contributed by atoms with Crippen molar-refractivity contribution in [2.45, 2.75) is 0 Å². The van der Waals surface area contributed by atoms with Gasteiger partial charge in [0.25, 0.3) is 0 Å². The van der Waals surface area contributed by atoms with Gasteiger partial charge in [0, 0.05) is 0 Å². The standard InChI is InChI=1S/C26H19BO2/c28-27-29-26-16-24(22-11-9-18-5-1-3-7-20(18)13-22)15-25(17-26)23-12-10-19-6-2-4-8-21(19)14-23/h1-17,27-28H. The number of hydrogen-bond acceptors (Lipinski definition) is 2. The normalized spacial score (nSPS) is 10.9. The monoisotopic (exact) mass is 374 g/mol. The van der Waals surface area contributed by atoms with Gasteiger partial charge >= 0.3 is 7.69 Å². The zero-order valence-electron chi connectivity index (χ0n) is 15.9. The summed E-state index contributed by atoms with van der Waals surface area (Å²) in [5.41, 5.74) is 4.36. The minimum absolute atomic E-state index is 0.349. The van der Waals surface area contributed by atoms with Crippen LogP contribution in [0.2, 0.25) is 0 Å². The maximum absolute atomic E-state index is 9.30. The van der Waals surface area contributed by atoms with Crippen LogP contribution in [0.3, 0.4) is 0 Å². The van der Waals surface area contributed by atoms with Crippen molar-refractivity contribution in [3.63, 3.8) is 0 Å². The van der Waals surface area contributed by atoms with Crippen LogP contribution < -0.4 is 4.65 Å². The molecule has 5 aromatic rings. The molecule has 5 rings (SSSR count). The summed E-state index contributed by atoms with van der Waals surface area (Å²) in [6.07, 6.45) is 0. The molecule has 5 aromatic carbocycles. The lowest BCUT2D eigenvalue weighted by molar-refractivity contribution is 0.454.